The van der Waals surface area contributed by atoms with Crippen LogP contribution < -0.4 is 25.4 Å². The van der Waals surface area contributed by atoms with Crippen molar-refractivity contribution in [3.63, 3.8) is 0 Å². The van der Waals surface area contributed by atoms with Gasteiger partial charge in [0.25, 0.3) is 5.91 Å². The van der Waals surface area contributed by atoms with Crippen molar-refractivity contribution in [2.75, 3.05) is 31.4 Å². The Kier molecular flexibility index (Phi) is 7.61. The van der Waals surface area contributed by atoms with Crippen molar-refractivity contribution in [3.8, 4) is 11.5 Å². The monoisotopic (exact) mass is 399 g/mol. The van der Waals surface area contributed by atoms with Crippen LogP contribution in [0.4, 0.5) is 11.4 Å². The first-order valence-electron chi connectivity index (χ1n) is 9.41. The fourth-order valence-corrected chi connectivity index (χ4v) is 2.68. The largest absolute Gasteiger partial charge is 0.496 e. The minimum Gasteiger partial charge on any atom is -0.496 e. The van der Waals surface area contributed by atoms with E-state index in [9.17, 15) is 9.59 Å². The van der Waals surface area contributed by atoms with Crippen molar-refractivity contribution in [2.24, 2.45) is 0 Å². The van der Waals surface area contributed by atoms with E-state index in [0.717, 1.165) is 0 Å². The van der Waals surface area contributed by atoms with Gasteiger partial charge < -0.3 is 25.4 Å². The summed E-state index contributed by atoms with van der Waals surface area (Å²) in [6.07, 6.45) is 0.378. The number of amides is 2. The van der Waals surface area contributed by atoms with Crippen molar-refractivity contribution < 1.29 is 19.1 Å². The molecular weight excluding hydrogens is 370 g/mol. The fraction of sp³-hybridized carbons (Fsp3) is 0.364. The fourth-order valence-electron chi connectivity index (χ4n) is 2.68. The molecule has 0 heterocycles. The average molecular weight is 399 g/mol. The molecule has 0 aliphatic rings. The number of benzene rings is 2. The number of carbonyl (C=O) groups excluding carboxylic acids is 2. The summed E-state index contributed by atoms with van der Waals surface area (Å²) in [4.78, 5) is 24.7. The van der Waals surface area contributed by atoms with Gasteiger partial charge in [0.1, 0.15) is 17.1 Å². The molecule has 0 fully saturated rings. The lowest BCUT2D eigenvalue weighted by Crippen LogP contribution is -2.37. The zero-order valence-electron chi connectivity index (χ0n) is 17.6. The maximum absolute atomic E-state index is 12.7. The van der Waals surface area contributed by atoms with Crippen molar-refractivity contribution in [1.29, 1.82) is 0 Å². The Bertz CT molecular complexity index is 820. The summed E-state index contributed by atoms with van der Waals surface area (Å²) in [6, 6.07) is 12.1. The summed E-state index contributed by atoms with van der Waals surface area (Å²) in [6.45, 7) is 6.76. The molecule has 0 unspecified atom stereocenters. The van der Waals surface area contributed by atoms with Crippen LogP contribution in [-0.2, 0) is 4.79 Å². The number of anilines is 2. The Hall–Kier alpha value is -3.06. The van der Waals surface area contributed by atoms with Crippen molar-refractivity contribution in [2.45, 2.75) is 32.7 Å². The third-order valence-electron chi connectivity index (χ3n) is 4.09. The molecule has 2 rings (SSSR count). The van der Waals surface area contributed by atoms with E-state index < -0.39 is 0 Å². The minimum atomic E-state index is -0.343. The predicted octanol–water partition coefficient (Wildman–Crippen LogP) is 3.67. The Morgan fingerprint density at radius 3 is 1.86 bits per heavy atom. The zero-order valence-corrected chi connectivity index (χ0v) is 17.6. The Morgan fingerprint density at radius 1 is 0.862 bits per heavy atom. The summed E-state index contributed by atoms with van der Waals surface area (Å²) in [5.41, 5.74) is 1.56. The Morgan fingerprint density at radius 2 is 1.38 bits per heavy atom. The number of hydrogen-bond donors (Lipinski definition) is 3. The predicted molar refractivity (Wildman–Crippen MR) is 115 cm³/mol. The molecule has 7 heteroatoms. The van der Waals surface area contributed by atoms with Crippen molar-refractivity contribution in [3.05, 3.63) is 48.0 Å². The molecule has 0 spiro atoms. The van der Waals surface area contributed by atoms with E-state index in [0.29, 0.717) is 41.4 Å². The molecule has 0 atom stereocenters. The SMILES string of the molecule is COc1cccc(OC)c1C(=O)Nc1ccc(NC(=O)CCNC(C)(C)C)cc1. The van der Waals surface area contributed by atoms with E-state index in [2.05, 4.69) is 36.7 Å². The van der Waals surface area contributed by atoms with Crippen LogP contribution in [0, 0.1) is 0 Å². The molecule has 7 nitrogen and oxygen atoms in total. The molecule has 0 bridgehead atoms. The van der Waals surface area contributed by atoms with E-state index >= 15 is 0 Å². The number of ether oxygens (including phenoxy) is 2. The molecule has 2 amide bonds. The van der Waals surface area contributed by atoms with Crippen LogP contribution in [0.2, 0.25) is 0 Å². The van der Waals surface area contributed by atoms with Gasteiger partial charge in [0.05, 0.1) is 14.2 Å². The van der Waals surface area contributed by atoms with Gasteiger partial charge in [0, 0.05) is 29.9 Å². The summed E-state index contributed by atoms with van der Waals surface area (Å²) in [7, 11) is 3.00. The molecule has 0 aromatic heterocycles. The highest BCUT2D eigenvalue weighted by molar-refractivity contribution is 6.08. The molecule has 0 saturated carbocycles. The number of nitrogens with one attached hydrogen (secondary N) is 3. The normalized spacial score (nSPS) is 10.9. The standard InChI is InChI=1S/C22H29N3O4/c1-22(2,3)23-14-13-19(26)24-15-9-11-16(12-10-15)25-21(27)20-17(28-4)7-6-8-18(20)29-5/h6-12,23H,13-14H2,1-5H3,(H,24,26)(H,25,27). The van der Waals surface area contributed by atoms with Gasteiger partial charge in [-0.25, -0.2) is 0 Å². The van der Waals surface area contributed by atoms with E-state index in [1.165, 1.54) is 14.2 Å². The molecule has 0 aliphatic heterocycles. The van der Waals surface area contributed by atoms with Crippen LogP contribution in [0.1, 0.15) is 37.6 Å². The first-order chi connectivity index (χ1) is 13.7. The summed E-state index contributed by atoms with van der Waals surface area (Å²) < 4.78 is 10.5. The topological polar surface area (TPSA) is 88.7 Å². The smallest absolute Gasteiger partial charge is 0.263 e. The molecule has 0 radical (unpaired) electrons. The third-order valence-corrected chi connectivity index (χ3v) is 4.09. The Balaban J connectivity index is 1.97. The first-order valence-corrected chi connectivity index (χ1v) is 9.41. The van der Waals surface area contributed by atoms with Gasteiger partial charge in [-0.1, -0.05) is 6.07 Å². The van der Waals surface area contributed by atoms with E-state index in [4.69, 9.17) is 9.47 Å². The molecular formula is C22H29N3O4. The summed E-state index contributed by atoms with van der Waals surface area (Å²) in [5.74, 6) is 0.436. The highest BCUT2D eigenvalue weighted by Gasteiger charge is 2.18. The molecule has 3 N–H and O–H groups in total. The average Bonchev–Trinajstić information content (AvgIpc) is 2.67. The second kappa shape index (κ2) is 9.93. The zero-order chi connectivity index (χ0) is 21.4. The van der Waals surface area contributed by atoms with Crippen LogP contribution in [0.3, 0.4) is 0 Å². The lowest BCUT2D eigenvalue weighted by atomic mass is 10.1. The van der Waals surface area contributed by atoms with Gasteiger partial charge in [-0.15, -0.1) is 0 Å². The number of methoxy groups -OCH3 is 2. The lowest BCUT2D eigenvalue weighted by molar-refractivity contribution is -0.116. The number of carbonyl (C=O) groups is 2. The van der Waals surface area contributed by atoms with Gasteiger partial charge in [0.2, 0.25) is 5.91 Å². The van der Waals surface area contributed by atoms with Gasteiger partial charge in [0.15, 0.2) is 0 Å². The van der Waals surface area contributed by atoms with Gasteiger partial charge >= 0.3 is 0 Å². The van der Waals surface area contributed by atoms with Crippen LogP contribution in [0.15, 0.2) is 42.5 Å². The molecule has 2 aromatic carbocycles. The molecule has 0 aliphatic carbocycles. The van der Waals surface area contributed by atoms with Crippen LogP contribution >= 0.6 is 0 Å². The summed E-state index contributed by atoms with van der Waals surface area (Å²) in [5, 5.41) is 8.94. The second-order valence-corrected chi connectivity index (χ2v) is 7.54. The van der Waals surface area contributed by atoms with Crippen molar-refractivity contribution in [1.82, 2.24) is 5.32 Å². The maximum Gasteiger partial charge on any atom is 0.263 e. The van der Waals surface area contributed by atoms with Crippen LogP contribution in [0.5, 0.6) is 11.5 Å². The molecule has 0 saturated heterocycles. The first kappa shape index (κ1) is 22.2. The van der Waals surface area contributed by atoms with Crippen LogP contribution in [0.25, 0.3) is 0 Å². The van der Waals surface area contributed by atoms with Crippen LogP contribution in [-0.4, -0.2) is 38.1 Å². The number of hydrogen-bond acceptors (Lipinski definition) is 5. The quantitative estimate of drug-likeness (QED) is 0.630. The van der Waals surface area contributed by atoms with E-state index in [1.807, 2.05) is 0 Å². The lowest BCUT2D eigenvalue weighted by Gasteiger charge is -2.20. The van der Waals surface area contributed by atoms with Gasteiger partial charge in [-0.2, -0.15) is 0 Å². The molecule has 2 aromatic rings. The number of rotatable bonds is 8. The molecule has 29 heavy (non-hydrogen) atoms. The minimum absolute atomic E-state index is 0.0236. The third kappa shape index (κ3) is 6.80. The Labute approximate surface area is 171 Å². The van der Waals surface area contributed by atoms with Crippen molar-refractivity contribution >= 4 is 23.2 Å². The maximum atomic E-state index is 12.7. The van der Waals surface area contributed by atoms with Gasteiger partial charge in [-0.3, -0.25) is 9.59 Å². The second-order valence-electron chi connectivity index (χ2n) is 7.54. The molecule has 156 valence electrons. The summed E-state index contributed by atoms with van der Waals surface area (Å²) >= 11 is 0. The van der Waals surface area contributed by atoms with Gasteiger partial charge in [-0.05, 0) is 57.2 Å². The van der Waals surface area contributed by atoms with E-state index in [-0.39, 0.29) is 17.4 Å². The highest BCUT2D eigenvalue weighted by atomic mass is 16.5. The highest BCUT2D eigenvalue weighted by Crippen LogP contribution is 2.29. The van der Waals surface area contributed by atoms with E-state index in [1.54, 1.807) is 42.5 Å².